The maximum atomic E-state index is 14.8. The zero-order valence-corrected chi connectivity index (χ0v) is 20.7. The molecule has 3 aromatic rings. The number of amides is 1. The summed E-state index contributed by atoms with van der Waals surface area (Å²) in [6.07, 6.45) is 6.87. The van der Waals surface area contributed by atoms with Crippen molar-refractivity contribution in [1.29, 1.82) is 0 Å². The van der Waals surface area contributed by atoms with Crippen molar-refractivity contribution >= 4 is 17.8 Å². The van der Waals surface area contributed by atoms with Crippen LogP contribution in [0.15, 0.2) is 70.4 Å². The first kappa shape index (κ1) is 25.5. The van der Waals surface area contributed by atoms with E-state index in [1.54, 1.807) is 49.4 Å². The van der Waals surface area contributed by atoms with Crippen LogP contribution in [0.5, 0.6) is 5.88 Å². The van der Waals surface area contributed by atoms with Gasteiger partial charge in [-0.2, -0.15) is 0 Å². The number of carbonyl (C=O) groups excluding carboxylic acids is 2. The molecule has 1 aliphatic rings. The topological polar surface area (TPSA) is 112 Å². The van der Waals surface area contributed by atoms with Crippen molar-refractivity contribution in [3.05, 3.63) is 110 Å². The lowest BCUT2D eigenvalue weighted by molar-refractivity contribution is 0.0895. The van der Waals surface area contributed by atoms with Crippen molar-refractivity contribution in [1.82, 2.24) is 19.4 Å². The quantitative estimate of drug-likeness (QED) is 0.516. The van der Waals surface area contributed by atoms with Crippen LogP contribution in [0.2, 0.25) is 0 Å². The van der Waals surface area contributed by atoms with E-state index in [-0.39, 0.29) is 17.0 Å². The third-order valence-electron chi connectivity index (χ3n) is 6.61. The number of aromatic nitrogens is 3. The molecule has 1 aromatic carbocycles. The Morgan fingerprint density at radius 3 is 2.59 bits per heavy atom. The van der Waals surface area contributed by atoms with Crippen LogP contribution in [0.25, 0.3) is 5.57 Å². The fourth-order valence-corrected chi connectivity index (χ4v) is 4.53. The maximum absolute atomic E-state index is 14.8. The summed E-state index contributed by atoms with van der Waals surface area (Å²) in [5, 5.41) is 2.91. The molecule has 0 radical (unpaired) electrons. The lowest BCUT2D eigenvalue weighted by Gasteiger charge is -2.40. The Morgan fingerprint density at radius 1 is 1.19 bits per heavy atom. The van der Waals surface area contributed by atoms with Crippen LogP contribution in [-0.4, -0.2) is 33.4 Å². The van der Waals surface area contributed by atoms with Gasteiger partial charge in [-0.05, 0) is 23.8 Å². The van der Waals surface area contributed by atoms with Gasteiger partial charge in [-0.25, -0.2) is 14.2 Å². The van der Waals surface area contributed by atoms with E-state index < -0.39 is 34.4 Å². The molecule has 2 unspecified atom stereocenters. The SMILES string of the molecule is COc1nc(C2(NC(=O)c3cn(C)c(=O)n(C)c3=O)C=CC=C(c3ccccc3F)C2C)ccc1C=O. The molecule has 0 bridgehead atoms. The standard InChI is InChI=1S/C27H25FN4O5/c1-16-18(19-8-5-6-10-21(19)28)9-7-13-27(16,22-12-11-17(15-33)24(29-22)37-4)30-23(34)20-14-31(2)26(36)32(3)25(20)35/h5-16H,1-4H3,(H,30,34). The number of nitrogens with one attached hydrogen (secondary N) is 1. The van der Waals surface area contributed by atoms with Gasteiger partial charge in [0.05, 0.1) is 18.4 Å². The van der Waals surface area contributed by atoms with E-state index in [0.29, 0.717) is 23.1 Å². The highest BCUT2D eigenvalue weighted by Crippen LogP contribution is 2.43. The first-order valence-electron chi connectivity index (χ1n) is 11.4. The number of carbonyl (C=O) groups is 2. The summed E-state index contributed by atoms with van der Waals surface area (Å²) >= 11 is 0. The van der Waals surface area contributed by atoms with Crippen LogP contribution in [-0.2, 0) is 19.6 Å². The Bertz CT molecular complexity index is 1590. The van der Waals surface area contributed by atoms with Crippen LogP contribution < -0.4 is 21.3 Å². The van der Waals surface area contributed by atoms with Gasteiger partial charge in [0.1, 0.15) is 16.9 Å². The average Bonchev–Trinajstić information content (AvgIpc) is 2.90. The molecule has 1 N–H and O–H groups in total. The Balaban J connectivity index is 1.91. The zero-order valence-electron chi connectivity index (χ0n) is 20.7. The second-order valence-corrected chi connectivity index (χ2v) is 8.72. The maximum Gasteiger partial charge on any atom is 0.330 e. The van der Waals surface area contributed by atoms with Crippen LogP contribution in [0, 0.1) is 11.7 Å². The summed E-state index contributed by atoms with van der Waals surface area (Å²) in [5.74, 6) is -1.75. The summed E-state index contributed by atoms with van der Waals surface area (Å²) in [4.78, 5) is 54.5. The molecule has 0 fully saturated rings. The number of pyridine rings is 1. The van der Waals surface area contributed by atoms with Gasteiger partial charge in [-0.1, -0.05) is 43.4 Å². The van der Waals surface area contributed by atoms with Crippen LogP contribution in [0.1, 0.15) is 38.9 Å². The third-order valence-corrected chi connectivity index (χ3v) is 6.61. The first-order chi connectivity index (χ1) is 17.6. The lowest BCUT2D eigenvalue weighted by Crippen LogP contribution is -2.52. The van der Waals surface area contributed by atoms with Crippen LogP contribution in [0.3, 0.4) is 0 Å². The number of rotatable bonds is 6. The minimum Gasteiger partial charge on any atom is -0.480 e. The number of aldehydes is 1. The molecule has 0 saturated heterocycles. The summed E-state index contributed by atoms with van der Waals surface area (Å²) in [5.41, 5.74) is -1.56. The predicted octanol–water partition coefficient (Wildman–Crippen LogP) is 2.35. The molecule has 4 rings (SSSR count). The monoisotopic (exact) mass is 504 g/mol. The number of benzene rings is 1. The summed E-state index contributed by atoms with van der Waals surface area (Å²) in [6.45, 7) is 1.79. The van der Waals surface area contributed by atoms with E-state index >= 15 is 0 Å². The molecule has 2 atom stereocenters. The van der Waals surface area contributed by atoms with Crippen molar-refractivity contribution < 1.29 is 18.7 Å². The Hall–Kier alpha value is -4.60. The summed E-state index contributed by atoms with van der Waals surface area (Å²) < 4.78 is 22.1. The zero-order chi connectivity index (χ0) is 26.9. The molecule has 37 heavy (non-hydrogen) atoms. The van der Waals surface area contributed by atoms with Crippen LogP contribution >= 0.6 is 0 Å². The molecule has 10 heteroatoms. The molecule has 2 heterocycles. The van der Waals surface area contributed by atoms with Crippen molar-refractivity contribution in [2.45, 2.75) is 12.5 Å². The summed E-state index contributed by atoms with van der Waals surface area (Å²) in [7, 11) is 4.08. The van der Waals surface area contributed by atoms with E-state index in [9.17, 15) is 23.6 Å². The Kier molecular flexibility index (Phi) is 6.76. The second-order valence-electron chi connectivity index (χ2n) is 8.72. The van der Waals surface area contributed by atoms with E-state index in [1.165, 1.54) is 39.5 Å². The van der Waals surface area contributed by atoms with Gasteiger partial charge in [-0.15, -0.1) is 0 Å². The number of nitrogens with zero attached hydrogens (tertiary/aromatic N) is 3. The van der Waals surface area contributed by atoms with Gasteiger partial charge >= 0.3 is 5.69 Å². The van der Waals surface area contributed by atoms with Crippen molar-refractivity contribution in [3.8, 4) is 5.88 Å². The lowest BCUT2D eigenvalue weighted by atomic mass is 9.72. The van der Waals surface area contributed by atoms with Gasteiger partial charge in [0.2, 0.25) is 5.88 Å². The normalized spacial score (nSPS) is 18.7. The largest absolute Gasteiger partial charge is 0.480 e. The van der Waals surface area contributed by atoms with Crippen LogP contribution in [0.4, 0.5) is 4.39 Å². The van der Waals surface area contributed by atoms with E-state index in [2.05, 4.69) is 10.3 Å². The number of aryl methyl sites for hydroxylation is 1. The van der Waals surface area contributed by atoms with Gasteiger partial charge in [0.15, 0.2) is 6.29 Å². The molecule has 1 amide bonds. The number of halogens is 1. The fourth-order valence-electron chi connectivity index (χ4n) is 4.53. The number of ether oxygens (including phenoxy) is 1. The molecule has 2 aromatic heterocycles. The number of allylic oxidation sites excluding steroid dienone is 2. The molecule has 1 aliphatic carbocycles. The molecular weight excluding hydrogens is 479 g/mol. The first-order valence-corrected chi connectivity index (χ1v) is 11.4. The Labute approximate surface area is 211 Å². The highest BCUT2D eigenvalue weighted by atomic mass is 19.1. The van der Waals surface area contributed by atoms with Gasteiger partial charge in [0.25, 0.3) is 11.5 Å². The van der Waals surface area contributed by atoms with E-state index in [4.69, 9.17) is 4.74 Å². The molecule has 9 nitrogen and oxygen atoms in total. The molecular formula is C27H25FN4O5. The second kappa shape index (κ2) is 9.81. The fraction of sp³-hybridized carbons (Fsp3) is 0.222. The smallest absolute Gasteiger partial charge is 0.330 e. The molecule has 0 spiro atoms. The number of methoxy groups -OCH3 is 1. The molecule has 190 valence electrons. The molecule has 0 saturated carbocycles. The number of hydrogen-bond acceptors (Lipinski definition) is 6. The van der Waals surface area contributed by atoms with Crippen molar-refractivity contribution in [3.63, 3.8) is 0 Å². The van der Waals surface area contributed by atoms with Crippen molar-refractivity contribution in [2.75, 3.05) is 7.11 Å². The van der Waals surface area contributed by atoms with E-state index in [1.807, 2.05) is 0 Å². The Morgan fingerprint density at radius 2 is 1.92 bits per heavy atom. The minimum atomic E-state index is -1.38. The van der Waals surface area contributed by atoms with E-state index in [0.717, 1.165) is 9.13 Å². The van der Waals surface area contributed by atoms with Gasteiger partial charge < -0.3 is 14.6 Å². The average molecular weight is 505 g/mol. The number of hydrogen-bond donors (Lipinski definition) is 1. The highest BCUT2D eigenvalue weighted by molar-refractivity contribution is 5.95. The van der Waals surface area contributed by atoms with Gasteiger partial charge in [0, 0.05) is 31.8 Å². The predicted molar refractivity (Wildman–Crippen MR) is 135 cm³/mol. The highest BCUT2D eigenvalue weighted by Gasteiger charge is 2.43. The van der Waals surface area contributed by atoms with Gasteiger partial charge in [-0.3, -0.25) is 19.0 Å². The minimum absolute atomic E-state index is 0.0433. The molecule has 0 aliphatic heterocycles. The van der Waals surface area contributed by atoms with Crippen molar-refractivity contribution in [2.24, 2.45) is 20.0 Å². The third kappa shape index (κ3) is 4.31. The summed E-state index contributed by atoms with van der Waals surface area (Å²) in [6, 6.07) is 9.34.